The second kappa shape index (κ2) is 10.5. The minimum Gasteiger partial charge on any atom is -0.322 e. The average molecular weight is 554 g/mol. The molecule has 1 aromatic heterocycles. The van der Waals surface area contributed by atoms with E-state index in [0.29, 0.717) is 11.4 Å². The van der Waals surface area contributed by atoms with Crippen LogP contribution in [0, 0.1) is 6.92 Å². The topological polar surface area (TPSA) is 54.0 Å². The van der Waals surface area contributed by atoms with Gasteiger partial charge in [-0.15, -0.1) is 0 Å². The number of benzene rings is 3. The molecule has 0 radical (unpaired) electrons. The molecule has 4 aromatic rings. The van der Waals surface area contributed by atoms with Gasteiger partial charge in [0, 0.05) is 22.8 Å². The fourth-order valence-electron chi connectivity index (χ4n) is 4.03. The molecule has 4 nitrogen and oxygen atoms in total. The first-order valence-electron chi connectivity index (χ1n) is 11.2. The van der Waals surface area contributed by atoms with Gasteiger partial charge in [-0.25, -0.2) is 4.79 Å². The lowest BCUT2D eigenvalue weighted by Crippen LogP contribution is -2.50. The van der Waals surface area contributed by atoms with E-state index in [1.54, 1.807) is 36.5 Å². The van der Waals surface area contributed by atoms with E-state index in [4.69, 9.17) is 0 Å². The number of anilines is 1. The number of aromatic nitrogens is 1. The molecule has 3 aromatic carbocycles. The van der Waals surface area contributed by atoms with Crippen molar-refractivity contribution >= 4 is 27.6 Å². The molecule has 36 heavy (non-hydrogen) atoms. The third kappa shape index (κ3) is 5.94. The van der Waals surface area contributed by atoms with Crippen molar-refractivity contribution < 1.29 is 18.0 Å². The average Bonchev–Trinajstić information content (AvgIpc) is 2.84. The van der Waals surface area contributed by atoms with Gasteiger partial charge in [-0.05, 0) is 60.0 Å². The van der Waals surface area contributed by atoms with Gasteiger partial charge < -0.3 is 10.6 Å². The van der Waals surface area contributed by atoms with Gasteiger partial charge in [-0.2, -0.15) is 13.2 Å². The molecule has 0 fully saturated rings. The van der Waals surface area contributed by atoms with Gasteiger partial charge in [0.15, 0.2) is 0 Å². The van der Waals surface area contributed by atoms with Gasteiger partial charge in [-0.3, -0.25) is 4.98 Å². The van der Waals surface area contributed by atoms with Crippen LogP contribution in [0.1, 0.15) is 27.9 Å². The number of pyridine rings is 1. The molecule has 4 rings (SSSR count). The molecule has 1 unspecified atom stereocenters. The zero-order valence-electron chi connectivity index (χ0n) is 19.3. The van der Waals surface area contributed by atoms with Crippen LogP contribution in [-0.2, 0) is 18.1 Å². The SMILES string of the molecule is Cc1ccc(C(Cc2ccccc2)(NC(=O)Nc2cccc(Br)c2)c2cccc(C(F)(F)F)c2)nc1. The van der Waals surface area contributed by atoms with Crippen LogP contribution < -0.4 is 10.6 Å². The maximum absolute atomic E-state index is 13.7. The number of nitrogens with one attached hydrogen (secondary N) is 2. The standard InChI is InChI=1S/C28H23BrF3N3O/c1-19-13-14-25(33-18-19)27(17-20-7-3-2-4-8-20,21-9-5-10-22(15-21)28(30,31)32)35-26(36)34-24-12-6-11-23(29)16-24/h2-16,18H,17H2,1H3,(H2,34,35,36). The number of alkyl halides is 3. The number of carbonyl (C=O) groups excluding carboxylic acids is 1. The summed E-state index contributed by atoms with van der Waals surface area (Å²) < 4.78 is 41.9. The van der Waals surface area contributed by atoms with Crippen LogP contribution in [0.15, 0.2) is 102 Å². The van der Waals surface area contributed by atoms with Gasteiger partial charge in [-0.1, -0.05) is 70.5 Å². The Morgan fingerprint density at radius 2 is 1.61 bits per heavy atom. The van der Waals surface area contributed by atoms with Crippen molar-refractivity contribution in [3.63, 3.8) is 0 Å². The minimum absolute atomic E-state index is 0.178. The molecule has 2 N–H and O–H groups in total. The molecule has 0 saturated heterocycles. The maximum Gasteiger partial charge on any atom is 0.416 e. The summed E-state index contributed by atoms with van der Waals surface area (Å²) in [4.78, 5) is 17.9. The fraction of sp³-hybridized carbons (Fsp3) is 0.143. The van der Waals surface area contributed by atoms with E-state index >= 15 is 0 Å². The van der Waals surface area contributed by atoms with Crippen LogP contribution >= 0.6 is 15.9 Å². The van der Waals surface area contributed by atoms with Crippen molar-refractivity contribution in [1.82, 2.24) is 10.3 Å². The lowest BCUT2D eigenvalue weighted by atomic mass is 9.80. The summed E-state index contributed by atoms with van der Waals surface area (Å²) in [6.45, 7) is 1.87. The van der Waals surface area contributed by atoms with Crippen molar-refractivity contribution in [3.8, 4) is 0 Å². The molecule has 0 aliphatic heterocycles. The smallest absolute Gasteiger partial charge is 0.322 e. The van der Waals surface area contributed by atoms with E-state index in [0.717, 1.165) is 27.7 Å². The molecular formula is C28H23BrF3N3O. The number of hydrogen-bond donors (Lipinski definition) is 2. The summed E-state index contributed by atoms with van der Waals surface area (Å²) in [7, 11) is 0. The van der Waals surface area contributed by atoms with Gasteiger partial charge >= 0.3 is 12.2 Å². The van der Waals surface area contributed by atoms with E-state index in [1.807, 2.05) is 49.4 Å². The summed E-state index contributed by atoms with van der Waals surface area (Å²) in [6.07, 6.45) is -2.73. The summed E-state index contributed by atoms with van der Waals surface area (Å²) in [6, 6.07) is 24.3. The lowest BCUT2D eigenvalue weighted by molar-refractivity contribution is -0.137. The molecule has 2 amide bonds. The quantitative estimate of drug-likeness (QED) is 0.260. The Balaban J connectivity index is 1.87. The number of nitrogens with zero attached hydrogens (tertiary/aromatic N) is 1. The fourth-order valence-corrected chi connectivity index (χ4v) is 4.43. The Hall–Kier alpha value is -3.65. The number of rotatable bonds is 6. The van der Waals surface area contributed by atoms with Crippen LogP contribution in [0.25, 0.3) is 0 Å². The van der Waals surface area contributed by atoms with Crippen molar-refractivity contribution in [2.45, 2.75) is 25.1 Å². The Morgan fingerprint density at radius 1 is 0.889 bits per heavy atom. The van der Waals surface area contributed by atoms with E-state index in [9.17, 15) is 18.0 Å². The Morgan fingerprint density at radius 3 is 2.28 bits per heavy atom. The molecular weight excluding hydrogens is 531 g/mol. The van der Waals surface area contributed by atoms with Gasteiger partial charge in [0.25, 0.3) is 0 Å². The van der Waals surface area contributed by atoms with E-state index in [-0.39, 0.29) is 12.0 Å². The molecule has 0 saturated carbocycles. The highest BCUT2D eigenvalue weighted by Crippen LogP contribution is 2.37. The lowest BCUT2D eigenvalue weighted by Gasteiger charge is -2.36. The summed E-state index contributed by atoms with van der Waals surface area (Å²) in [5.74, 6) is 0. The Bertz CT molecular complexity index is 1340. The highest BCUT2D eigenvalue weighted by Gasteiger charge is 2.40. The summed E-state index contributed by atoms with van der Waals surface area (Å²) in [5, 5.41) is 5.77. The molecule has 0 aliphatic rings. The monoisotopic (exact) mass is 553 g/mol. The third-order valence-electron chi connectivity index (χ3n) is 5.75. The predicted molar refractivity (Wildman–Crippen MR) is 138 cm³/mol. The van der Waals surface area contributed by atoms with Crippen molar-refractivity contribution in [3.05, 3.63) is 130 Å². The van der Waals surface area contributed by atoms with Crippen molar-refractivity contribution in [1.29, 1.82) is 0 Å². The molecule has 1 heterocycles. The maximum atomic E-state index is 13.7. The van der Waals surface area contributed by atoms with Gasteiger partial charge in [0.2, 0.25) is 0 Å². The number of amides is 2. The molecule has 8 heteroatoms. The van der Waals surface area contributed by atoms with E-state index < -0.39 is 23.3 Å². The first-order valence-corrected chi connectivity index (χ1v) is 11.9. The summed E-state index contributed by atoms with van der Waals surface area (Å²) >= 11 is 3.38. The molecule has 0 spiro atoms. The Kier molecular flexibility index (Phi) is 7.45. The largest absolute Gasteiger partial charge is 0.416 e. The number of aryl methyl sites for hydroxylation is 1. The number of hydrogen-bond acceptors (Lipinski definition) is 2. The number of urea groups is 1. The number of halogens is 4. The van der Waals surface area contributed by atoms with Crippen LogP contribution in [0.5, 0.6) is 0 Å². The summed E-state index contributed by atoms with van der Waals surface area (Å²) in [5.41, 5.74) is 0.708. The van der Waals surface area contributed by atoms with Crippen LogP contribution in [0.3, 0.4) is 0 Å². The second-order valence-corrected chi connectivity index (χ2v) is 9.37. The third-order valence-corrected chi connectivity index (χ3v) is 6.25. The number of carbonyl (C=O) groups is 1. The first-order chi connectivity index (χ1) is 17.2. The highest BCUT2D eigenvalue weighted by atomic mass is 79.9. The Labute approximate surface area is 215 Å². The second-order valence-electron chi connectivity index (χ2n) is 8.46. The minimum atomic E-state index is -4.55. The van der Waals surface area contributed by atoms with Gasteiger partial charge in [0.1, 0.15) is 5.54 Å². The van der Waals surface area contributed by atoms with Crippen LogP contribution in [-0.4, -0.2) is 11.0 Å². The van der Waals surface area contributed by atoms with E-state index in [1.165, 1.54) is 6.07 Å². The van der Waals surface area contributed by atoms with Crippen molar-refractivity contribution in [2.75, 3.05) is 5.32 Å². The zero-order valence-corrected chi connectivity index (χ0v) is 20.9. The van der Waals surface area contributed by atoms with Crippen molar-refractivity contribution in [2.24, 2.45) is 0 Å². The predicted octanol–water partition coefficient (Wildman–Crippen LogP) is 7.48. The highest BCUT2D eigenvalue weighted by molar-refractivity contribution is 9.10. The normalized spacial score (nSPS) is 13.0. The molecule has 184 valence electrons. The molecule has 0 bridgehead atoms. The van der Waals surface area contributed by atoms with E-state index in [2.05, 4.69) is 31.5 Å². The van der Waals surface area contributed by atoms with Crippen LogP contribution in [0.2, 0.25) is 0 Å². The molecule has 1 atom stereocenters. The van der Waals surface area contributed by atoms with Crippen LogP contribution in [0.4, 0.5) is 23.7 Å². The first kappa shape index (κ1) is 25.4. The van der Waals surface area contributed by atoms with Gasteiger partial charge in [0.05, 0.1) is 11.3 Å². The molecule has 0 aliphatic carbocycles. The zero-order chi connectivity index (χ0) is 25.8.